The average Bonchev–Trinajstić information content (AvgIpc) is 3.00. The SMILES string of the molecule is O=c1[nH]c2ccc(O)cc2n1CCN1CCN(c2cccc(C(F)(F)F)c2)CC1. The zero-order valence-corrected chi connectivity index (χ0v) is 15.6. The Morgan fingerprint density at radius 1 is 1.00 bits per heavy atom. The molecule has 1 saturated heterocycles. The summed E-state index contributed by atoms with van der Waals surface area (Å²) in [6.07, 6.45) is -4.35. The second-order valence-electron chi connectivity index (χ2n) is 7.16. The highest BCUT2D eigenvalue weighted by Gasteiger charge is 2.31. The topological polar surface area (TPSA) is 64.5 Å². The molecule has 2 aromatic carbocycles. The molecule has 1 aliphatic rings. The molecule has 1 aliphatic heterocycles. The molecule has 1 aromatic heterocycles. The molecule has 0 spiro atoms. The number of H-pyrrole nitrogens is 1. The number of alkyl halides is 3. The Hall–Kier alpha value is -2.94. The summed E-state index contributed by atoms with van der Waals surface area (Å²) in [5.74, 6) is 0.0972. The van der Waals surface area contributed by atoms with Gasteiger partial charge in [-0.05, 0) is 30.3 Å². The van der Waals surface area contributed by atoms with Gasteiger partial charge in [-0.3, -0.25) is 9.47 Å². The predicted octanol–water partition coefficient (Wildman–Crippen LogP) is 2.88. The van der Waals surface area contributed by atoms with Crippen LogP contribution in [-0.2, 0) is 12.7 Å². The fourth-order valence-electron chi connectivity index (χ4n) is 3.71. The number of phenols is 1. The van der Waals surface area contributed by atoms with Crippen LogP contribution in [0.15, 0.2) is 47.3 Å². The number of aromatic nitrogens is 2. The molecule has 29 heavy (non-hydrogen) atoms. The van der Waals surface area contributed by atoms with Crippen molar-refractivity contribution >= 4 is 16.7 Å². The number of imidazole rings is 1. The zero-order valence-electron chi connectivity index (χ0n) is 15.6. The third-order valence-corrected chi connectivity index (χ3v) is 5.31. The number of hydrogen-bond acceptors (Lipinski definition) is 4. The van der Waals surface area contributed by atoms with Crippen LogP contribution < -0.4 is 10.6 Å². The fourth-order valence-corrected chi connectivity index (χ4v) is 3.71. The van der Waals surface area contributed by atoms with Gasteiger partial charge in [-0.15, -0.1) is 0 Å². The summed E-state index contributed by atoms with van der Waals surface area (Å²) in [6.45, 7) is 3.72. The van der Waals surface area contributed by atoms with Crippen molar-refractivity contribution in [2.24, 2.45) is 0 Å². The number of hydrogen-bond donors (Lipinski definition) is 2. The van der Waals surface area contributed by atoms with Gasteiger partial charge in [-0.1, -0.05) is 6.07 Å². The largest absolute Gasteiger partial charge is 0.508 e. The van der Waals surface area contributed by atoms with Gasteiger partial charge in [-0.25, -0.2) is 4.79 Å². The summed E-state index contributed by atoms with van der Waals surface area (Å²) in [6, 6.07) is 10.1. The quantitative estimate of drug-likeness (QED) is 0.700. The smallest absolute Gasteiger partial charge is 0.416 e. The van der Waals surface area contributed by atoms with Gasteiger partial charge in [0.05, 0.1) is 16.6 Å². The fraction of sp³-hybridized carbons (Fsp3) is 0.350. The van der Waals surface area contributed by atoms with Crippen molar-refractivity contribution in [2.45, 2.75) is 12.7 Å². The van der Waals surface area contributed by atoms with E-state index in [0.717, 1.165) is 6.07 Å². The summed E-state index contributed by atoms with van der Waals surface area (Å²) >= 11 is 0. The molecule has 9 heteroatoms. The number of halogens is 3. The van der Waals surface area contributed by atoms with E-state index in [-0.39, 0.29) is 11.4 Å². The van der Waals surface area contributed by atoms with Crippen LogP contribution in [0.3, 0.4) is 0 Å². The molecule has 6 nitrogen and oxygen atoms in total. The maximum absolute atomic E-state index is 12.9. The number of rotatable bonds is 4. The summed E-state index contributed by atoms with van der Waals surface area (Å²) < 4.78 is 40.4. The summed E-state index contributed by atoms with van der Waals surface area (Å²) in [5, 5.41) is 9.67. The molecule has 2 heterocycles. The van der Waals surface area contributed by atoms with Crippen LogP contribution in [0.2, 0.25) is 0 Å². The van der Waals surface area contributed by atoms with E-state index in [1.165, 1.54) is 18.2 Å². The number of piperazine rings is 1. The predicted molar refractivity (Wildman–Crippen MR) is 104 cm³/mol. The lowest BCUT2D eigenvalue weighted by Gasteiger charge is -2.36. The Kier molecular flexibility index (Phi) is 4.99. The Bertz CT molecular complexity index is 1070. The van der Waals surface area contributed by atoms with Crippen LogP contribution in [0.25, 0.3) is 11.0 Å². The van der Waals surface area contributed by atoms with Gasteiger partial charge in [0.2, 0.25) is 0 Å². The first-order chi connectivity index (χ1) is 13.8. The first-order valence-corrected chi connectivity index (χ1v) is 9.37. The molecule has 154 valence electrons. The highest BCUT2D eigenvalue weighted by molar-refractivity contribution is 5.76. The highest BCUT2D eigenvalue weighted by atomic mass is 19.4. The van der Waals surface area contributed by atoms with Gasteiger partial charge in [0, 0.05) is 51.0 Å². The second-order valence-corrected chi connectivity index (χ2v) is 7.16. The lowest BCUT2D eigenvalue weighted by atomic mass is 10.1. The van der Waals surface area contributed by atoms with E-state index in [1.807, 2.05) is 4.90 Å². The zero-order chi connectivity index (χ0) is 20.6. The van der Waals surface area contributed by atoms with Gasteiger partial charge in [-0.2, -0.15) is 13.2 Å². The van der Waals surface area contributed by atoms with Crippen LogP contribution in [0.1, 0.15) is 5.56 Å². The molecule has 0 unspecified atom stereocenters. The van der Waals surface area contributed by atoms with Crippen LogP contribution in [0.5, 0.6) is 5.75 Å². The van der Waals surface area contributed by atoms with Gasteiger partial charge >= 0.3 is 11.9 Å². The molecule has 0 radical (unpaired) electrons. The highest BCUT2D eigenvalue weighted by Crippen LogP contribution is 2.31. The number of anilines is 1. The Balaban J connectivity index is 1.38. The lowest BCUT2D eigenvalue weighted by molar-refractivity contribution is -0.137. The van der Waals surface area contributed by atoms with Crippen molar-refractivity contribution in [1.29, 1.82) is 0 Å². The number of nitrogens with one attached hydrogen (secondary N) is 1. The molecule has 0 atom stereocenters. The van der Waals surface area contributed by atoms with Crippen molar-refractivity contribution in [3.8, 4) is 5.75 Å². The summed E-state index contributed by atoms with van der Waals surface area (Å²) in [5.41, 5.74) is 1.02. The normalized spacial score (nSPS) is 15.9. The Morgan fingerprint density at radius 3 is 2.48 bits per heavy atom. The number of benzene rings is 2. The molecule has 2 N–H and O–H groups in total. The van der Waals surface area contributed by atoms with Crippen molar-refractivity contribution in [3.05, 3.63) is 58.5 Å². The van der Waals surface area contributed by atoms with E-state index >= 15 is 0 Å². The van der Waals surface area contributed by atoms with Crippen LogP contribution in [0.4, 0.5) is 18.9 Å². The van der Waals surface area contributed by atoms with Crippen molar-refractivity contribution in [1.82, 2.24) is 14.5 Å². The van der Waals surface area contributed by atoms with Gasteiger partial charge in [0.1, 0.15) is 5.75 Å². The van der Waals surface area contributed by atoms with Crippen LogP contribution in [0, 0.1) is 0 Å². The van der Waals surface area contributed by atoms with Gasteiger partial charge < -0.3 is 15.0 Å². The molecule has 0 aliphatic carbocycles. The second kappa shape index (κ2) is 7.47. The molecule has 3 aromatic rings. The minimum atomic E-state index is -4.35. The van der Waals surface area contributed by atoms with Crippen molar-refractivity contribution in [3.63, 3.8) is 0 Å². The number of phenolic OH excluding ortho intramolecular Hbond substituents is 1. The maximum atomic E-state index is 12.9. The van der Waals surface area contributed by atoms with E-state index in [4.69, 9.17) is 0 Å². The van der Waals surface area contributed by atoms with E-state index in [9.17, 15) is 23.1 Å². The van der Waals surface area contributed by atoms with Gasteiger partial charge in [0.25, 0.3) is 0 Å². The molecule has 0 saturated carbocycles. The average molecular weight is 406 g/mol. The monoisotopic (exact) mass is 406 g/mol. The number of nitrogens with zero attached hydrogens (tertiary/aromatic N) is 3. The minimum Gasteiger partial charge on any atom is -0.508 e. The van der Waals surface area contributed by atoms with E-state index in [2.05, 4.69) is 9.88 Å². The van der Waals surface area contributed by atoms with E-state index in [0.29, 0.717) is 56.0 Å². The molecular weight excluding hydrogens is 385 g/mol. The molecule has 4 rings (SSSR count). The lowest BCUT2D eigenvalue weighted by Crippen LogP contribution is -2.47. The van der Waals surface area contributed by atoms with Crippen molar-refractivity contribution < 1.29 is 18.3 Å². The first-order valence-electron chi connectivity index (χ1n) is 9.37. The Labute approximate surface area is 164 Å². The number of aromatic amines is 1. The third kappa shape index (κ3) is 4.09. The number of aromatic hydroxyl groups is 1. The summed E-state index contributed by atoms with van der Waals surface area (Å²) in [4.78, 5) is 19.1. The first kappa shape index (κ1) is 19.4. The minimum absolute atomic E-state index is 0.0972. The molecule has 1 fully saturated rings. The van der Waals surface area contributed by atoms with E-state index in [1.54, 1.807) is 22.8 Å². The van der Waals surface area contributed by atoms with Gasteiger partial charge in [0.15, 0.2) is 0 Å². The third-order valence-electron chi connectivity index (χ3n) is 5.31. The van der Waals surface area contributed by atoms with E-state index < -0.39 is 11.7 Å². The van der Waals surface area contributed by atoms with Crippen LogP contribution in [-0.4, -0.2) is 52.3 Å². The molecular formula is C20H21F3N4O2. The van der Waals surface area contributed by atoms with Crippen LogP contribution >= 0.6 is 0 Å². The summed E-state index contributed by atoms with van der Waals surface area (Å²) in [7, 11) is 0. The molecule has 0 bridgehead atoms. The van der Waals surface area contributed by atoms with Crippen molar-refractivity contribution in [2.75, 3.05) is 37.6 Å². The Morgan fingerprint density at radius 2 is 1.76 bits per heavy atom. The number of fused-ring (bicyclic) bond motifs is 1. The molecule has 0 amide bonds. The standard InChI is InChI=1S/C20H21F3N4O2/c21-20(22,23)14-2-1-3-15(12-14)26-9-6-25(7-10-26)8-11-27-18-13-16(28)4-5-17(18)24-19(27)29/h1-5,12-13,28H,6-11H2,(H,24,29). The maximum Gasteiger partial charge on any atom is 0.416 e.